The summed E-state index contributed by atoms with van der Waals surface area (Å²) >= 11 is 1.66. The van der Waals surface area contributed by atoms with Gasteiger partial charge in [0.25, 0.3) is 0 Å². The number of nitrogens with zero attached hydrogens (tertiary/aromatic N) is 3. The van der Waals surface area contributed by atoms with E-state index in [-0.39, 0.29) is 12.0 Å². The number of ether oxygens (including phenoxy) is 1. The Morgan fingerprint density at radius 2 is 2.30 bits per heavy atom. The largest absolute Gasteiger partial charge is 0.396 e. The zero-order valence-corrected chi connectivity index (χ0v) is 13.3. The van der Waals surface area contributed by atoms with Crippen LogP contribution in [-0.4, -0.2) is 53.6 Å². The van der Waals surface area contributed by atoms with Gasteiger partial charge in [-0.25, -0.2) is 0 Å². The Kier molecular flexibility index (Phi) is 5.89. The fourth-order valence-electron chi connectivity index (χ4n) is 3.04. The summed E-state index contributed by atoms with van der Waals surface area (Å²) in [5.41, 5.74) is 0.0382. The Morgan fingerprint density at radius 1 is 1.45 bits per heavy atom. The highest BCUT2D eigenvalue weighted by molar-refractivity contribution is 7.11. The fraction of sp³-hybridized carbons (Fsp3) is 0.857. The molecule has 0 saturated carbocycles. The Balaban J connectivity index is 1.91. The lowest BCUT2D eigenvalue weighted by atomic mass is 9.77. The van der Waals surface area contributed by atoms with Crippen molar-refractivity contribution >= 4 is 11.3 Å². The molecule has 2 rings (SSSR count). The van der Waals surface area contributed by atoms with Gasteiger partial charge in [0.05, 0.1) is 6.54 Å². The summed E-state index contributed by atoms with van der Waals surface area (Å²) in [6.07, 6.45) is 4.30. The van der Waals surface area contributed by atoms with Crippen molar-refractivity contribution in [3.63, 3.8) is 0 Å². The molecule has 0 bridgehead atoms. The van der Waals surface area contributed by atoms with E-state index in [2.05, 4.69) is 15.1 Å². The van der Waals surface area contributed by atoms with Crippen molar-refractivity contribution in [2.24, 2.45) is 5.41 Å². The molecule has 0 spiro atoms. The van der Waals surface area contributed by atoms with E-state index in [4.69, 9.17) is 4.74 Å². The Hall–Kier alpha value is -0.560. The highest BCUT2D eigenvalue weighted by Crippen LogP contribution is 2.35. The summed E-state index contributed by atoms with van der Waals surface area (Å²) in [4.78, 5) is 2.41. The molecule has 1 aromatic heterocycles. The van der Waals surface area contributed by atoms with E-state index in [1.165, 1.54) is 0 Å². The second kappa shape index (κ2) is 7.45. The van der Waals surface area contributed by atoms with E-state index in [9.17, 15) is 5.11 Å². The smallest absolute Gasteiger partial charge is 0.131 e. The van der Waals surface area contributed by atoms with Crippen LogP contribution in [0.1, 0.15) is 35.7 Å². The van der Waals surface area contributed by atoms with Crippen LogP contribution >= 0.6 is 11.3 Å². The lowest BCUT2D eigenvalue weighted by Crippen LogP contribution is -2.45. The molecular weight excluding hydrogens is 274 g/mol. The van der Waals surface area contributed by atoms with Gasteiger partial charge in [-0.15, -0.1) is 21.5 Å². The fourth-order valence-corrected chi connectivity index (χ4v) is 3.79. The molecule has 0 radical (unpaired) electrons. The highest BCUT2D eigenvalue weighted by Gasteiger charge is 2.34. The minimum absolute atomic E-state index is 0.0382. The second-order valence-corrected chi connectivity index (χ2v) is 7.05. The van der Waals surface area contributed by atoms with E-state index >= 15 is 0 Å². The molecule has 1 aliphatic rings. The summed E-state index contributed by atoms with van der Waals surface area (Å²) in [7, 11) is 1.73. The van der Waals surface area contributed by atoms with Gasteiger partial charge in [0, 0.05) is 32.3 Å². The van der Waals surface area contributed by atoms with Crippen molar-refractivity contribution in [2.75, 3.05) is 33.4 Å². The van der Waals surface area contributed by atoms with Crippen molar-refractivity contribution in [2.45, 2.75) is 39.2 Å². The number of methoxy groups -OCH3 is 1. The Morgan fingerprint density at radius 3 is 2.95 bits per heavy atom. The van der Waals surface area contributed by atoms with Gasteiger partial charge >= 0.3 is 0 Å². The SMILES string of the molecule is COCCC[C@@]1(CO)CCCN(Cc2nnc(C)s2)C1. The van der Waals surface area contributed by atoms with Crippen LogP contribution in [-0.2, 0) is 11.3 Å². The molecule has 1 aliphatic heterocycles. The van der Waals surface area contributed by atoms with E-state index in [1.807, 2.05) is 6.92 Å². The molecule has 6 heteroatoms. The van der Waals surface area contributed by atoms with E-state index in [0.29, 0.717) is 0 Å². The van der Waals surface area contributed by atoms with Crippen molar-refractivity contribution in [1.29, 1.82) is 0 Å². The number of aliphatic hydroxyl groups excluding tert-OH is 1. The van der Waals surface area contributed by atoms with Gasteiger partial charge in [-0.1, -0.05) is 0 Å². The van der Waals surface area contributed by atoms with Crippen molar-refractivity contribution in [1.82, 2.24) is 15.1 Å². The van der Waals surface area contributed by atoms with Gasteiger partial charge in [-0.05, 0) is 39.2 Å². The predicted molar refractivity (Wildman–Crippen MR) is 79.8 cm³/mol. The monoisotopic (exact) mass is 299 g/mol. The highest BCUT2D eigenvalue weighted by atomic mass is 32.1. The maximum atomic E-state index is 9.84. The zero-order valence-electron chi connectivity index (χ0n) is 12.5. The van der Waals surface area contributed by atoms with Crippen molar-refractivity contribution in [3.05, 3.63) is 10.0 Å². The summed E-state index contributed by atoms with van der Waals surface area (Å²) < 4.78 is 5.14. The van der Waals surface area contributed by atoms with Crippen LogP contribution in [0.2, 0.25) is 0 Å². The average Bonchev–Trinajstić information content (AvgIpc) is 2.85. The maximum absolute atomic E-state index is 9.84. The van der Waals surface area contributed by atoms with Crippen LogP contribution in [0.5, 0.6) is 0 Å². The third-order valence-corrected chi connectivity index (χ3v) is 4.88. The minimum atomic E-state index is 0.0382. The van der Waals surface area contributed by atoms with Crippen LogP contribution in [0.15, 0.2) is 0 Å². The molecule has 1 fully saturated rings. The zero-order chi connectivity index (χ0) is 14.4. The molecule has 1 saturated heterocycles. The first-order chi connectivity index (χ1) is 9.67. The third-order valence-electron chi connectivity index (χ3n) is 4.06. The lowest BCUT2D eigenvalue weighted by Gasteiger charge is -2.41. The number of aromatic nitrogens is 2. The molecule has 5 nitrogen and oxygen atoms in total. The van der Waals surface area contributed by atoms with Gasteiger partial charge < -0.3 is 9.84 Å². The Labute approximate surface area is 125 Å². The quantitative estimate of drug-likeness (QED) is 0.779. The second-order valence-electron chi connectivity index (χ2n) is 5.78. The number of hydrogen-bond acceptors (Lipinski definition) is 6. The molecule has 1 aromatic rings. The van der Waals surface area contributed by atoms with Crippen LogP contribution < -0.4 is 0 Å². The number of rotatable bonds is 7. The molecule has 0 aliphatic carbocycles. The number of likely N-dealkylation sites (tertiary alicyclic amines) is 1. The molecule has 114 valence electrons. The topological polar surface area (TPSA) is 58.5 Å². The molecule has 1 N–H and O–H groups in total. The van der Waals surface area contributed by atoms with E-state index in [1.54, 1.807) is 18.4 Å². The molecular formula is C14H25N3O2S. The molecule has 0 unspecified atom stereocenters. The summed E-state index contributed by atoms with van der Waals surface area (Å²) in [6, 6.07) is 0. The maximum Gasteiger partial charge on any atom is 0.131 e. The Bertz CT molecular complexity index is 413. The molecule has 0 aromatic carbocycles. The molecule has 2 heterocycles. The van der Waals surface area contributed by atoms with Gasteiger partial charge in [-0.2, -0.15) is 0 Å². The predicted octanol–water partition coefficient (Wildman–Crippen LogP) is 1.85. The first kappa shape index (κ1) is 15.8. The van der Waals surface area contributed by atoms with Crippen LogP contribution in [0, 0.1) is 12.3 Å². The lowest BCUT2D eigenvalue weighted by molar-refractivity contribution is 0.0158. The molecule has 20 heavy (non-hydrogen) atoms. The first-order valence-corrected chi connectivity index (χ1v) is 8.10. The minimum Gasteiger partial charge on any atom is -0.396 e. The van der Waals surface area contributed by atoms with Crippen molar-refractivity contribution in [3.8, 4) is 0 Å². The van der Waals surface area contributed by atoms with Crippen LogP contribution in [0.4, 0.5) is 0 Å². The van der Waals surface area contributed by atoms with Gasteiger partial charge in [0.2, 0.25) is 0 Å². The van der Waals surface area contributed by atoms with Gasteiger partial charge in [0.15, 0.2) is 0 Å². The third kappa shape index (κ3) is 4.22. The van der Waals surface area contributed by atoms with E-state index in [0.717, 1.165) is 61.9 Å². The summed E-state index contributed by atoms with van der Waals surface area (Å²) in [5, 5.41) is 20.2. The summed E-state index contributed by atoms with van der Waals surface area (Å²) in [5.74, 6) is 0. The average molecular weight is 299 g/mol. The number of hydrogen-bond donors (Lipinski definition) is 1. The standard InChI is InChI=1S/C14H25N3O2S/c1-12-15-16-13(20-12)9-17-7-3-5-14(10-17,11-18)6-4-8-19-2/h18H,3-11H2,1-2H3/t14-/m0/s1. The normalized spacial score (nSPS) is 24.1. The number of piperidine rings is 1. The van der Waals surface area contributed by atoms with E-state index < -0.39 is 0 Å². The van der Waals surface area contributed by atoms with Crippen LogP contribution in [0.3, 0.4) is 0 Å². The molecule has 0 amide bonds. The summed E-state index contributed by atoms with van der Waals surface area (Å²) in [6.45, 7) is 5.92. The number of aryl methyl sites for hydroxylation is 1. The van der Waals surface area contributed by atoms with Gasteiger partial charge in [0.1, 0.15) is 10.0 Å². The van der Waals surface area contributed by atoms with Crippen LogP contribution in [0.25, 0.3) is 0 Å². The van der Waals surface area contributed by atoms with Gasteiger partial charge in [-0.3, -0.25) is 4.90 Å². The first-order valence-electron chi connectivity index (χ1n) is 7.29. The molecule has 1 atom stereocenters. The number of aliphatic hydroxyl groups is 1. The van der Waals surface area contributed by atoms with Crippen molar-refractivity contribution < 1.29 is 9.84 Å².